The van der Waals surface area contributed by atoms with Gasteiger partial charge in [0.1, 0.15) is 6.17 Å². The van der Waals surface area contributed by atoms with Crippen LogP contribution in [0.4, 0.5) is 4.39 Å². The standard InChI is InChI=1S/C4H9FO/c1-3(5)4(2)6/h3-4,6H,1-2H3/t3-,4+/m0/s1. The summed E-state index contributed by atoms with van der Waals surface area (Å²) in [4.78, 5) is 0. The number of alkyl halides is 1. The van der Waals surface area contributed by atoms with Crippen molar-refractivity contribution in [3.8, 4) is 0 Å². The average molecular weight is 92.1 g/mol. The Balaban J connectivity index is 2.99. The van der Waals surface area contributed by atoms with Crippen molar-refractivity contribution in [2.45, 2.75) is 26.1 Å². The number of aliphatic hydroxyl groups is 1. The van der Waals surface area contributed by atoms with Gasteiger partial charge in [-0.05, 0) is 13.8 Å². The van der Waals surface area contributed by atoms with E-state index in [0.717, 1.165) is 0 Å². The van der Waals surface area contributed by atoms with Gasteiger partial charge in [-0.25, -0.2) is 4.39 Å². The molecule has 0 aromatic carbocycles. The van der Waals surface area contributed by atoms with Crippen LogP contribution in [-0.2, 0) is 0 Å². The normalized spacial score (nSPS) is 20.0. The maximum Gasteiger partial charge on any atom is 0.123 e. The summed E-state index contributed by atoms with van der Waals surface area (Å²) >= 11 is 0. The molecule has 0 spiro atoms. The van der Waals surface area contributed by atoms with Crippen LogP contribution < -0.4 is 0 Å². The molecule has 1 nitrogen and oxygen atoms in total. The SMILES string of the molecule is C[C@H](F)[C@@H](C)O. The van der Waals surface area contributed by atoms with Gasteiger partial charge in [-0.2, -0.15) is 0 Å². The van der Waals surface area contributed by atoms with E-state index >= 15 is 0 Å². The lowest BCUT2D eigenvalue weighted by Crippen LogP contribution is -2.12. The fourth-order valence-electron chi connectivity index (χ4n) is 0. The van der Waals surface area contributed by atoms with Crippen molar-refractivity contribution in [2.75, 3.05) is 0 Å². The average Bonchev–Trinajstić information content (AvgIpc) is 1.36. The van der Waals surface area contributed by atoms with Crippen molar-refractivity contribution in [1.29, 1.82) is 0 Å². The van der Waals surface area contributed by atoms with Gasteiger partial charge < -0.3 is 5.11 Å². The van der Waals surface area contributed by atoms with Gasteiger partial charge in [0.15, 0.2) is 0 Å². The Labute approximate surface area is 36.8 Å². The van der Waals surface area contributed by atoms with E-state index in [0.29, 0.717) is 0 Å². The Kier molecular flexibility index (Phi) is 2.09. The zero-order chi connectivity index (χ0) is 5.15. The number of halogens is 1. The van der Waals surface area contributed by atoms with Crippen LogP contribution in [0.25, 0.3) is 0 Å². The van der Waals surface area contributed by atoms with Crippen molar-refractivity contribution < 1.29 is 9.50 Å². The van der Waals surface area contributed by atoms with E-state index in [1.165, 1.54) is 13.8 Å². The molecule has 38 valence electrons. The molecule has 0 unspecified atom stereocenters. The van der Waals surface area contributed by atoms with Crippen molar-refractivity contribution in [2.24, 2.45) is 0 Å². The van der Waals surface area contributed by atoms with Crippen LogP contribution in [0.3, 0.4) is 0 Å². The van der Waals surface area contributed by atoms with Crippen LogP contribution in [0.5, 0.6) is 0 Å². The molecule has 0 amide bonds. The molecule has 0 saturated carbocycles. The second-order valence-electron chi connectivity index (χ2n) is 1.42. The molecule has 0 aromatic heterocycles. The van der Waals surface area contributed by atoms with Gasteiger partial charge in [0.2, 0.25) is 0 Å². The Bertz CT molecular complexity index is 28.5. The second-order valence-corrected chi connectivity index (χ2v) is 1.42. The summed E-state index contributed by atoms with van der Waals surface area (Å²) < 4.78 is 11.6. The molecule has 0 aliphatic rings. The van der Waals surface area contributed by atoms with Crippen molar-refractivity contribution in [3.63, 3.8) is 0 Å². The minimum atomic E-state index is -1.09. The van der Waals surface area contributed by atoms with Crippen molar-refractivity contribution in [3.05, 3.63) is 0 Å². The first-order valence-electron chi connectivity index (χ1n) is 1.96. The highest BCUT2D eigenvalue weighted by Gasteiger charge is 2.02. The zero-order valence-electron chi connectivity index (χ0n) is 3.98. The molecule has 0 bridgehead atoms. The predicted molar refractivity (Wildman–Crippen MR) is 22.3 cm³/mol. The fourth-order valence-corrected chi connectivity index (χ4v) is 0. The molecule has 0 aliphatic carbocycles. The monoisotopic (exact) mass is 92.1 g/mol. The number of rotatable bonds is 1. The highest BCUT2D eigenvalue weighted by molar-refractivity contribution is 4.51. The summed E-state index contributed by atoms with van der Waals surface area (Å²) in [7, 11) is 0. The number of hydrogen-bond donors (Lipinski definition) is 1. The quantitative estimate of drug-likeness (QED) is 0.505. The molecular formula is C4H9FO. The van der Waals surface area contributed by atoms with E-state index in [-0.39, 0.29) is 0 Å². The third-order valence-corrected chi connectivity index (χ3v) is 0.665. The van der Waals surface area contributed by atoms with E-state index in [2.05, 4.69) is 0 Å². The van der Waals surface area contributed by atoms with Gasteiger partial charge in [0.25, 0.3) is 0 Å². The largest absolute Gasteiger partial charge is 0.390 e. The molecule has 0 aromatic rings. The molecule has 0 rings (SSSR count). The molecule has 2 heteroatoms. The Morgan fingerprint density at radius 1 is 1.50 bits per heavy atom. The zero-order valence-corrected chi connectivity index (χ0v) is 3.98. The minimum Gasteiger partial charge on any atom is -0.390 e. The first-order valence-corrected chi connectivity index (χ1v) is 1.96. The van der Waals surface area contributed by atoms with Crippen LogP contribution in [0.1, 0.15) is 13.8 Å². The van der Waals surface area contributed by atoms with Crippen molar-refractivity contribution >= 4 is 0 Å². The van der Waals surface area contributed by atoms with E-state index in [1.807, 2.05) is 0 Å². The molecule has 0 aliphatic heterocycles. The maximum absolute atomic E-state index is 11.6. The lowest BCUT2D eigenvalue weighted by atomic mass is 10.3. The van der Waals surface area contributed by atoms with Crippen LogP contribution >= 0.6 is 0 Å². The maximum atomic E-state index is 11.6. The molecule has 2 atom stereocenters. The third kappa shape index (κ3) is 2.15. The van der Waals surface area contributed by atoms with Gasteiger partial charge in [-0.15, -0.1) is 0 Å². The summed E-state index contributed by atoms with van der Waals surface area (Å²) in [5.41, 5.74) is 0. The lowest BCUT2D eigenvalue weighted by molar-refractivity contribution is 0.104. The summed E-state index contributed by atoms with van der Waals surface area (Å²) in [6.45, 7) is 2.75. The van der Waals surface area contributed by atoms with E-state index in [9.17, 15) is 4.39 Å². The van der Waals surface area contributed by atoms with E-state index < -0.39 is 12.3 Å². The summed E-state index contributed by atoms with van der Waals surface area (Å²) in [5, 5.41) is 8.25. The smallest absolute Gasteiger partial charge is 0.123 e. The second kappa shape index (κ2) is 2.13. The fraction of sp³-hybridized carbons (Fsp3) is 1.00. The first kappa shape index (κ1) is 5.89. The van der Waals surface area contributed by atoms with E-state index in [4.69, 9.17) is 5.11 Å². The highest BCUT2D eigenvalue weighted by Crippen LogP contribution is 1.92. The van der Waals surface area contributed by atoms with Gasteiger partial charge in [0, 0.05) is 0 Å². The van der Waals surface area contributed by atoms with Gasteiger partial charge in [0.05, 0.1) is 6.10 Å². The van der Waals surface area contributed by atoms with Crippen LogP contribution in [0.2, 0.25) is 0 Å². The molecule has 6 heavy (non-hydrogen) atoms. The molecule has 0 fully saturated rings. The van der Waals surface area contributed by atoms with Crippen LogP contribution in [0, 0.1) is 0 Å². The van der Waals surface area contributed by atoms with Crippen LogP contribution in [-0.4, -0.2) is 17.4 Å². The number of aliphatic hydroxyl groups excluding tert-OH is 1. The highest BCUT2D eigenvalue weighted by atomic mass is 19.1. The van der Waals surface area contributed by atoms with Gasteiger partial charge in [-0.3, -0.25) is 0 Å². The topological polar surface area (TPSA) is 20.2 Å². The van der Waals surface area contributed by atoms with E-state index in [1.54, 1.807) is 0 Å². The van der Waals surface area contributed by atoms with Gasteiger partial charge in [-0.1, -0.05) is 0 Å². The summed E-state index contributed by atoms with van der Waals surface area (Å²) in [5.74, 6) is 0. The third-order valence-electron chi connectivity index (χ3n) is 0.665. The molecule has 1 N–H and O–H groups in total. The summed E-state index contributed by atoms with van der Waals surface area (Å²) in [6.07, 6.45) is -1.91. The minimum absolute atomic E-state index is 0.815. The summed E-state index contributed by atoms with van der Waals surface area (Å²) in [6, 6.07) is 0. The Morgan fingerprint density at radius 3 is 1.67 bits per heavy atom. The molecule has 0 saturated heterocycles. The Hall–Kier alpha value is -0.110. The van der Waals surface area contributed by atoms with Crippen molar-refractivity contribution in [1.82, 2.24) is 0 Å². The molecular weight excluding hydrogens is 83.0 g/mol. The Morgan fingerprint density at radius 2 is 1.67 bits per heavy atom. The lowest BCUT2D eigenvalue weighted by Gasteiger charge is -2.00. The predicted octanol–water partition coefficient (Wildman–Crippen LogP) is 0.725. The molecule has 0 heterocycles. The number of hydrogen-bond acceptors (Lipinski definition) is 1. The molecule has 0 radical (unpaired) electrons. The van der Waals surface area contributed by atoms with Crippen LogP contribution in [0.15, 0.2) is 0 Å². The first-order chi connectivity index (χ1) is 2.64. The van der Waals surface area contributed by atoms with Gasteiger partial charge >= 0.3 is 0 Å².